The molecule has 30 heavy (non-hydrogen) atoms. The first-order valence-electron chi connectivity index (χ1n) is 9.94. The van der Waals surface area contributed by atoms with Gasteiger partial charge in [0.2, 0.25) is 5.60 Å². The van der Waals surface area contributed by atoms with Crippen LogP contribution in [-0.4, -0.2) is 63.1 Å². The molecular formula is C20H30N4O6. The van der Waals surface area contributed by atoms with E-state index in [1.807, 2.05) is 6.07 Å². The van der Waals surface area contributed by atoms with E-state index in [9.17, 15) is 15.0 Å². The summed E-state index contributed by atoms with van der Waals surface area (Å²) in [6.07, 6.45) is 0.980. The van der Waals surface area contributed by atoms with E-state index in [1.165, 1.54) is 6.92 Å². The Morgan fingerprint density at radius 1 is 1.50 bits per heavy atom. The van der Waals surface area contributed by atoms with Crippen molar-refractivity contribution >= 4 is 11.8 Å². The van der Waals surface area contributed by atoms with Crippen molar-refractivity contribution in [1.82, 2.24) is 5.32 Å². The molecule has 1 fully saturated rings. The number of benzene rings is 1. The van der Waals surface area contributed by atoms with Crippen LogP contribution >= 0.6 is 0 Å². The van der Waals surface area contributed by atoms with Crippen molar-refractivity contribution in [2.75, 3.05) is 6.61 Å². The van der Waals surface area contributed by atoms with Crippen molar-refractivity contribution in [3.05, 3.63) is 29.3 Å². The van der Waals surface area contributed by atoms with E-state index < -0.39 is 29.3 Å². The highest BCUT2D eigenvalue weighted by atomic mass is 16.7. The fraction of sp³-hybridized carbons (Fsp3) is 0.600. The minimum absolute atomic E-state index is 0.0306. The Balaban J connectivity index is 1.60. The number of hydrogen-bond acceptors (Lipinski definition) is 8. The molecule has 0 spiro atoms. The Bertz CT molecular complexity index is 812. The molecule has 3 atom stereocenters. The van der Waals surface area contributed by atoms with Gasteiger partial charge in [-0.15, -0.1) is 0 Å². The molecule has 0 aromatic heterocycles. The Morgan fingerprint density at radius 3 is 2.80 bits per heavy atom. The minimum atomic E-state index is -1.65. The van der Waals surface area contributed by atoms with Gasteiger partial charge in [0.25, 0.3) is 0 Å². The topological polar surface area (TPSA) is 184 Å². The molecule has 0 bridgehead atoms. The SMILES string of the molecule is C[C@@](ON)(C(=O)O)[C@H]1CCc2cc(C(=N)N[C@H]3C[C@@](N)(CC(O)CO)C3)ccc2O1. The number of amidine groups is 1. The molecule has 1 aliphatic heterocycles. The van der Waals surface area contributed by atoms with E-state index in [2.05, 4.69) is 5.32 Å². The Kier molecular flexibility index (Phi) is 6.34. The molecule has 1 heterocycles. The van der Waals surface area contributed by atoms with Crippen LogP contribution < -0.4 is 21.7 Å². The van der Waals surface area contributed by atoms with Crippen molar-refractivity contribution in [3.8, 4) is 5.75 Å². The number of carboxylic acids is 1. The summed E-state index contributed by atoms with van der Waals surface area (Å²) in [6.45, 7) is 1.07. The molecular weight excluding hydrogens is 392 g/mol. The minimum Gasteiger partial charge on any atom is -0.486 e. The number of aliphatic hydroxyl groups excluding tert-OH is 2. The van der Waals surface area contributed by atoms with Crippen molar-refractivity contribution in [2.24, 2.45) is 11.6 Å². The summed E-state index contributed by atoms with van der Waals surface area (Å²) in [7, 11) is 0. The first-order valence-corrected chi connectivity index (χ1v) is 9.94. The molecule has 2 aliphatic rings. The van der Waals surface area contributed by atoms with Crippen LogP contribution in [0.15, 0.2) is 18.2 Å². The average Bonchev–Trinajstić information content (AvgIpc) is 2.70. The normalized spacial score (nSPS) is 28.3. The molecule has 1 unspecified atom stereocenters. The van der Waals surface area contributed by atoms with Gasteiger partial charge in [0, 0.05) is 17.1 Å². The Hall–Kier alpha value is -2.24. The van der Waals surface area contributed by atoms with Gasteiger partial charge in [-0.2, -0.15) is 0 Å². The molecule has 0 amide bonds. The standard InChI is InChI=1S/C20H30N4O6/c1-19(30-23,18(27)28)16-5-3-11-6-12(2-4-15(11)29-16)17(21)24-13-7-20(22,8-13)9-14(26)10-25/h2,4,6,13-14,16,25-26H,3,5,7-10,22-23H2,1H3,(H2,21,24)(H,27,28)/t13-,14?,16-,19+,20-/m1/s1. The maximum Gasteiger partial charge on any atom is 0.341 e. The summed E-state index contributed by atoms with van der Waals surface area (Å²) < 4.78 is 5.83. The molecule has 3 rings (SSSR count). The van der Waals surface area contributed by atoms with Crippen LogP contribution in [0.4, 0.5) is 0 Å². The van der Waals surface area contributed by atoms with E-state index in [0.29, 0.717) is 43.4 Å². The first kappa shape index (κ1) is 22.4. The first-order chi connectivity index (χ1) is 14.1. The maximum atomic E-state index is 11.5. The second-order valence-electron chi connectivity index (χ2n) is 8.53. The van der Waals surface area contributed by atoms with Gasteiger partial charge in [-0.25, -0.2) is 10.7 Å². The van der Waals surface area contributed by atoms with Gasteiger partial charge < -0.3 is 31.1 Å². The smallest absolute Gasteiger partial charge is 0.341 e. The van der Waals surface area contributed by atoms with Gasteiger partial charge in [0.1, 0.15) is 17.7 Å². The molecule has 1 aromatic rings. The number of aliphatic carboxylic acids is 1. The van der Waals surface area contributed by atoms with Crippen molar-refractivity contribution in [2.45, 2.75) is 68.4 Å². The Morgan fingerprint density at radius 2 is 2.20 bits per heavy atom. The number of nitrogens with two attached hydrogens (primary N) is 2. The molecule has 1 saturated carbocycles. The fourth-order valence-electron chi connectivity index (χ4n) is 4.21. The number of ether oxygens (including phenoxy) is 1. The van der Waals surface area contributed by atoms with Crippen molar-refractivity contribution in [3.63, 3.8) is 0 Å². The van der Waals surface area contributed by atoms with Gasteiger partial charge in [0.15, 0.2) is 0 Å². The lowest BCUT2D eigenvalue weighted by molar-refractivity contribution is -0.179. The van der Waals surface area contributed by atoms with Gasteiger partial charge >= 0.3 is 5.97 Å². The van der Waals surface area contributed by atoms with Crippen molar-refractivity contribution in [1.29, 1.82) is 5.41 Å². The summed E-state index contributed by atoms with van der Waals surface area (Å²) in [5, 5.41) is 39.5. The molecule has 1 aliphatic carbocycles. The lowest BCUT2D eigenvalue weighted by atomic mass is 9.70. The van der Waals surface area contributed by atoms with Crippen LogP contribution in [0.2, 0.25) is 0 Å². The number of aryl methyl sites for hydroxylation is 1. The zero-order valence-electron chi connectivity index (χ0n) is 16.9. The Labute approximate surface area is 174 Å². The van der Waals surface area contributed by atoms with Crippen LogP contribution in [0.25, 0.3) is 0 Å². The van der Waals surface area contributed by atoms with Crippen LogP contribution in [0.3, 0.4) is 0 Å². The predicted octanol–water partition coefficient (Wildman–Crippen LogP) is -0.368. The number of carboxylic acid groups (broad SMARTS) is 1. The summed E-state index contributed by atoms with van der Waals surface area (Å²) >= 11 is 0. The fourth-order valence-corrected chi connectivity index (χ4v) is 4.21. The molecule has 10 nitrogen and oxygen atoms in total. The van der Waals surface area contributed by atoms with E-state index in [-0.39, 0.29) is 18.5 Å². The van der Waals surface area contributed by atoms with E-state index >= 15 is 0 Å². The number of carbonyl (C=O) groups is 1. The van der Waals surface area contributed by atoms with E-state index in [1.54, 1.807) is 12.1 Å². The summed E-state index contributed by atoms with van der Waals surface area (Å²) in [5.74, 6) is 4.83. The highest BCUT2D eigenvalue weighted by molar-refractivity contribution is 5.97. The zero-order chi connectivity index (χ0) is 22.1. The highest BCUT2D eigenvalue weighted by Crippen LogP contribution is 2.35. The number of hydrogen-bond donors (Lipinski definition) is 7. The molecule has 0 radical (unpaired) electrons. The maximum absolute atomic E-state index is 11.5. The quantitative estimate of drug-likeness (QED) is 0.167. The lowest BCUT2D eigenvalue weighted by Gasteiger charge is -2.46. The van der Waals surface area contributed by atoms with Gasteiger partial charge in [-0.05, 0) is 62.8 Å². The van der Waals surface area contributed by atoms with Gasteiger partial charge in [-0.3, -0.25) is 10.2 Å². The summed E-state index contributed by atoms with van der Waals surface area (Å²) in [5.41, 5.74) is 5.60. The second kappa shape index (κ2) is 8.48. The number of aliphatic hydroxyl groups is 2. The van der Waals surface area contributed by atoms with Crippen LogP contribution in [0.1, 0.15) is 43.7 Å². The number of fused-ring (bicyclic) bond motifs is 1. The molecule has 9 N–H and O–H groups in total. The van der Waals surface area contributed by atoms with Crippen LogP contribution in [0.5, 0.6) is 5.75 Å². The van der Waals surface area contributed by atoms with Crippen LogP contribution in [0, 0.1) is 5.41 Å². The van der Waals surface area contributed by atoms with Gasteiger partial charge in [0.05, 0.1) is 12.7 Å². The van der Waals surface area contributed by atoms with Crippen molar-refractivity contribution < 1.29 is 29.7 Å². The number of rotatable bonds is 8. The third kappa shape index (κ3) is 4.42. The number of nitrogens with one attached hydrogen (secondary N) is 2. The molecule has 10 heteroatoms. The second-order valence-corrected chi connectivity index (χ2v) is 8.53. The molecule has 166 valence electrons. The van der Waals surface area contributed by atoms with E-state index in [0.717, 1.165) is 5.56 Å². The molecule has 1 aromatic carbocycles. The average molecular weight is 422 g/mol. The van der Waals surface area contributed by atoms with Crippen LogP contribution in [-0.2, 0) is 16.1 Å². The van der Waals surface area contributed by atoms with E-state index in [4.69, 9.17) is 31.7 Å². The third-order valence-electron chi connectivity index (χ3n) is 6.09. The lowest BCUT2D eigenvalue weighted by Crippen LogP contribution is -2.61. The third-order valence-corrected chi connectivity index (χ3v) is 6.09. The predicted molar refractivity (Wildman–Crippen MR) is 108 cm³/mol. The summed E-state index contributed by atoms with van der Waals surface area (Å²) in [4.78, 5) is 16.2. The molecule has 0 saturated heterocycles. The largest absolute Gasteiger partial charge is 0.486 e. The van der Waals surface area contributed by atoms with Gasteiger partial charge in [-0.1, -0.05) is 0 Å². The summed E-state index contributed by atoms with van der Waals surface area (Å²) in [6, 6.07) is 5.34. The monoisotopic (exact) mass is 422 g/mol. The zero-order valence-corrected chi connectivity index (χ0v) is 16.9. The highest BCUT2D eigenvalue weighted by Gasteiger charge is 2.46.